The molecule has 7 aromatic rings. The third-order valence-corrected chi connectivity index (χ3v) is 18.9. The van der Waals surface area contributed by atoms with Gasteiger partial charge in [-0.05, 0) is 47.0 Å². The van der Waals surface area contributed by atoms with Crippen molar-refractivity contribution in [3.8, 4) is 0 Å². The van der Waals surface area contributed by atoms with Crippen LogP contribution >= 0.6 is 0 Å². The summed E-state index contributed by atoms with van der Waals surface area (Å²) in [5.41, 5.74) is 0.497. The molecule has 0 fully saturated rings. The van der Waals surface area contributed by atoms with Gasteiger partial charge in [-0.15, -0.1) is 0 Å². The van der Waals surface area contributed by atoms with E-state index in [0.29, 0.717) is 5.46 Å². The number of hydrogen-bond donors (Lipinski definition) is 2. The van der Waals surface area contributed by atoms with Crippen LogP contribution in [-0.4, -0.2) is 33.3 Å². The molecule has 0 saturated heterocycles. The van der Waals surface area contributed by atoms with Crippen molar-refractivity contribution in [1.82, 2.24) is 0 Å². The Kier molecular flexibility index (Phi) is 8.70. The third kappa shape index (κ3) is 5.43. The lowest BCUT2D eigenvalue weighted by Gasteiger charge is -2.38. The summed E-state index contributed by atoms with van der Waals surface area (Å²) in [6.45, 7) is 0. The highest BCUT2D eigenvalue weighted by atomic mass is 28.3. The summed E-state index contributed by atoms with van der Waals surface area (Å²) in [6, 6.07) is 71.2. The molecule has 0 heterocycles. The summed E-state index contributed by atoms with van der Waals surface area (Å²) < 4.78 is 0. The number of benzene rings is 7. The second-order valence-electron chi connectivity index (χ2n) is 11.9. The summed E-state index contributed by atoms with van der Waals surface area (Å²) in [5.74, 6) is 0. The van der Waals surface area contributed by atoms with E-state index in [4.69, 9.17) is 0 Å². The van der Waals surface area contributed by atoms with E-state index < -0.39 is 23.3 Å². The Labute approximate surface area is 279 Å². The van der Waals surface area contributed by atoms with E-state index >= 15 is 0 Å². The minimum absolute atomic E-state index is 0.497. The van der Waals surface area contributed by atoms with Crippen molar-refractivity contribution < 1.29 is 10.0 Å². The molecular formula is C42H35BO2Si2. The second kappa shape index (κ2) is 13.4. The average Bonchev–Trinajstić information content (AvgIpc) is 3.15. The molecule has 2 nitrogen and oxygen atoms in total. The van der Waals surface area contributed by atoms with Crippen molar-refractivity contribution in [2.24, 2.45) is 0 Å². The standard InChI is InChI=1S/C42H35BO2Si2/c44-43(45)34-31-41(46(35-19-7-1-8-20-35,36-21-9-2-10-22-36)37-23-11-3-12-24-37)33-42(32-34)47(38-25-13-4-14-26-38,39-27-15-5-16-28-39)40-29-17-6-18-30-40/h1-33,44-45H. The Morgan fingerprint density at radius 3 is 0.681 bits per heavy atom. The first-order valence-electron chi connectivity index (χ1n) is 16.0. The zero-order valence-electron chi connectivity index (χ0n) is 26.0. The SMILES string of the molecule is OB(O)c1cc([Si](c2ccccc2)(c2ccccc2)c2ccccc2)cc([Si](c2ccccc2)(c2ccccc2)c2ccccc2)c1. The minimum Gasteiger partial charge on any atom is -0.423 e. The van der Waals surface area contributed by atoms with E-state index in [1.165, 1.54) is 31.1 Å². The van der Waals surface area contributed by atoms with Crippen LogP contribution in [0.2, 0.25) is 0 Å². The van der Waals surface area contributed by atoms with Gasteiger partial charge in [-0.1, -0.05) is 200 Å². The monoisotopic (exact) mass is 638 g/mol. The molecular weight excluding hydrogens is 603 g/mol. The van der Waals surface area contributed by atoms with Gasteiger partial charge in [0.1, 0.15) is 0 Å². The van der Waals surface area contributed by atoms with Gasteiger partial charge in [0.2, 0.25) is 0 Å². The fourth-order valence-electron chi connectivity index (χ4n) is 7.36. The smallest absolute Gasteiger partial charge is 0.423 e. The van der Waals surface area contributed by atoms with Crippen LogP contribution in [0.1, 0.15) is 0 Å². The maximum Gasteiger partial charge on any atom is 0.488 e. The Hall–Kier alpha value is -5.04. The average molecular weight is 639 g/mol. The first-order chi connectivity index (χ1) is 23.1. The van der Waals surface area contributed by atoms with Gasteiger partial charge in [-0.3, -0.25) is 0 Å². The largest absolute Gasteiger partial charge is 0.488 e. The predicted octanol–water partition coefficient (Wildman–Crippen LogP) is 2.12. The lowest BCUT2D eigenvalue weighted by molar-refractivity contribution is 0.426. The summed E-state index contributed by atoms with van der Waals surface area (Å²) >= 11 is 0. The predicted molar refractivity (Wildman–Crippen MR) is 203 cm³/mol. The molecule has 0 aromatic heterocycles. The molecule has 0 aliphatic rings. The second-order valence-corrected chi connectivity index (χ2v) is 19.5. The van der Waals surface area contributed by atoms with Gasteiger partial charge in [-0.2, -0.15) is 0 Å². The van der Waals surface area contributed by atoms with Gasteiger partial charge in [-0.25, -0.2) is 0 Å². The maximum absolute atomic E-state index is 11.0. The van der Waals surface area contributed by atoms with E-state index in [1.807, 2.05) is 12.1 Å². The van der Waals surface area contributed by atoms with Gasteiger partial charge < -0.3 is 10.0 Å². The molecule has 0 saturated carbocycles. The fourth-order valence-corrected chi connectivity index (χ4v) is 17.2. The van der Waals surface area contributed by atoms with Crippen LogP contribution in [0.4, 0.5) is 0 Å². The molecule has 0 spiro atoms. The van der Waals surface area contributed by atoms with E-state index in [2.05, 4.69) is 188 Å². The van der Waals surface area contributed by atoms with Gasteiger partial charge in [0.15, 0.2) is 16.1 Å². The molecule has 0 amide bonds. The minimum atomic E-state index is -2.99. The van der Waals surface area contributed by atoms with Crippen LogP contribution in [0.3, 0.4) is 0 Å². The summed E-state index contributed by atoms with van der Waals surface area (Å²) in [6.07, 6.45) is 0. The number of rotatable bonds is 9. The van der Waals surface area contributed by atoms with Crippen molar-refractivity contribution in [3.05, 3.63) is 200 Å². The molecule has 226 valence electrons. The van der Waals surface area contributed by atoms with E-state index in [0.717, 1.165) is 10.4 Å². The van der Waals surface area contributed by atoms with E-state index in [-0.39, 0.29) is 0 Å². The molecule has 47 heavy (non-hydrogen) atoms. The molecule has 0 radical (unpaired) electrons. The topological polar surface area (TPSA) is 40.5 Å². The molecule has 0 aliphatic carbocycles. The molecule has 0 aliphatic heterocycles. The highest BCUT2D eigenvalue weighted by molar-refractivity contribution is 7.22. The summed E-state index contributed by atoms with van der Waals surface area (Å²) in [4.78, 5) is 0. The van der Waals surface area contributed by atoms with Crippen LogP contribution in [0.25, 0.3) is 0 Å². The lowest BCUT2D eigenvalue weighted by Crippen LogP contribution is -2.78. The van der Waals surface area contributed by atoms with Gasteiger partial charge in [0.05, 0.1) is 0 Å². The molecule has 7 aromatic carbocycles. The molecule has 0 unspecified atom stereocenters. The molecule has 0 atom stereocenters. The van der Waals surface area contributed by atoms with Crippen LogP contribution < -0.4 is 47.0 Å². The molecule has 2 N–H and O–H groups in total. The fraction of sp³-hybridized carbons (Fsp3) is 0. The summed E-state index contributed by atoms with van der Waals surface area (Å²) in [5, 5.41) is 31.7. The van der Waals surface area contributed by atoms with Gasteiger partial charge in [0, 0.05) is 0 Å². The number of hydrogen-bond acceptors (Lipinski definition) is 2. The van der Waals surface area contributed by atoms with Gasteiger partial charge >= 0.3 is 7.12 Å². The summed E-state index contributed by atoms with van der Waals surface area (Å²) in [7, 11) is -7.62. The van der Waals surface area contributed by atoms with E-state index in [9.17, 15) is 10.0 Å². The first kappa shape index (κ1) is 30.6. The quantitative estimate of drug-likeness (QED) is 0.188. The van der Waals surface area contributed by atoms with Crippen molar-refractivity contribution in [3.63, 3.8) is 0 Å². The molecule has 7 rings (SSSR count). The van der Waals surface area contributed by atoms with Crippen molar-refractivity contribution in [1.29, 1.82) is 0 Å². The van der Waals surface area contributed by atoms with Crippen molar-refractivity contribution in [2.45, 2.75) is 0 Å². The Bertz CT molecular complexity index is 1700. The van der Waals surface area contributed by atoms with E-state index in [1.54, 1.807) is 0 Å². The molecule has 0 bridgehead atoms. The zero-order valence-corrected chi connectivity index (χ0v) is 28.0. The highest BCUT2D eigenvalue weighted by Gasteiger charge is 2.46. The normalized spacial score (nSPS) is 11.6. The van der Waals surface area contributed by atoms with Crippen LogP contribution in [-0.2, 0) is 0 Å². The Morgan fingerprint density at radius 2 is 0.489 bits per heavy atom. The van der Waals surface area contributed by atoms with Crippen molar-refractivity contribution in [2.75, 3.05) is 0 Å². The van der Waals surface area contributed by atoms with Gasteiger partial charge in [0.25, 0.3) is 0 Å². The Morgan fingerprint density at radius 1 is 0.277 bits per heavy atom. The van der Waals surface area contributed by atoms with Crippen molar-refractivity contribution >= 4 is 70.2 Å². The highest BCUT2D eigenvalue weighted by Crippen LogP contribution is 2.13. The Balaban J connectivity index is 1.67. The maximum atomic E-state index is 11.0. The van der Waals surface area contributed by atoms with Crippen LogP contribution in [0.15, 0.2) is 200 Å². The van der Waals surface area contributed by atoms with Crippen LogP contribution in [0.5, 0.6) is 0 Å². The van der Waals surface area contributed by atoms with Crippen LogP contribution in [0, 0.1) is 0 Å². The first-order valence-corrected chi connectivity index (χ1v) is 20.0. The third-order valence-electron chi connectivity index (χ3n) is 9.36. The molecule has 5 heteroatoms. The zero-order chi connectivity index (χ0) is 32.1. The lowest BCUT2D eigenvalue weighted by atomic mass is 9.80.